The van der Waals surface area contributed by atoms with Crippen LogP contribution >= 0.6 is 0 Å². The molecule has 0 bridgehead atoms. The van der Waals surface area contributed by atoms with E-state index in [4.69, 9.17) is 4.74 Å². The lowest BCUT2D eigenvalue weighted by Gasteiger charge is -2.59. The Labute approximate surface area is 192 Å². The molecule has 0 aromatic rings. The number of hydrogen-bond donors (Lipinski definition) is 0. The average Bonchev–Trinajstić information content (AvgIpc) is 3.05. The molecule has 0 heterocycles. The van der Waals surface area contributed by atoms with Gasteiger partial charge >= 0.3 is 5.97 Å². The number of carbonyl (C=O) groups is 1. The zero-order chi connectivity index (χ0) is 22.4. The molecule has 176 valence electrons. The molecule has 31 heavy (non-hydrogen) atoms. The van der Waals surface area contributed by atoms with Gasteiger partial charge in [-0.3, -0.25) is 4.79 Å². The van der Waals surface area contributed by atoms with Crippen LogP contribution in [0.25, 0.3) is 0 Å². The van der Waals surface area contributed by atoms with Crippen LogP contribution in [0.5, 0.6) is 0 Å². The van der Waals surface area contributed by atoms with E-state index in [9.17, 15) is 4.79 Å². The fraction of sp³-hybridized carbons (Fsp3) is 0.897. The Morgan fingerprint density at radius 3 is 2.39 bits per heavy atom. The predicted octanol–water partition coefficient (Wildman–Crippen LogP) is 7.82. The Morgan fingerprint density at radius 1 is 0.968 bits per heavy atom. The lowest BCUT2D eigenvalue weighted by Crippen LogP contribution is -2.52. The standard InChI is InChI=1S/C29H48O2/c1-19(2)8-7-9-20(3)25-12-13-26-24-11-10-22-18-23(31-21(4)30)14-16-28(22,5)27(24)15-17-29(25,26)6/h10-11,19-20,22-27H,7-9,12-18H2,1-6H3/t20-,22+,23+,24+,25-,26+,27+,28+,29-/m1/s1. The first-order valence-corrected chi connectivity index (χ1v) is 13.5. The quantitative estimate of drug-likeness (QED) is 0.318. The van der Waals surface area contributed by atoms with Crippen molar-refractivity contribution < 1.29 is 9.53 Å². The van der Waals surface area contributed by atoms with Crippen LogP contribution in [-0.4, -0.2) is 12.1 Å². The highest BCUT2D eigenvalue weighted by Gasteiger charge is 2.59. The first-order chi connectivity index (χ1) is 14.6. The molecule has 0 saturated heterocycles. The molecule has 0 N–H and O–H groups in total. The lowest BCUT2D eigenvalue weighted by atomic mass is 9.46. The van der Waals surface area contributed by atoms with E-state index in [0.717, 1.165) is 48.3 Å². The van der Waals surface area contributed by atoms with Crippen LogP contribution in [-0.2, 0) is 9.53 Å². The summed E-state index contributed by atoms with van der Waals surface area (Å²) < 4.78 is 5.62. The highest BCUT2D eigenvalue weighted by atomic mass is 16.5. The van der Waals surface area contributed by atoms with E-state index in [1.165, 1.54) is 51.4 Å². The fourth-order valence-electron chi connectivity index (χ4n) is 8.95. The minimum Gasteiger partial charge on any atom is -0.463 e. The van der Waals surface area contributed by atoms with Gasteiger partial charge < -0.3 is 4.74 Å². The topological polar surface area (TPSA) is 26.3 Å². The zero-order valence-corrected chi connectivity index (χ0v) is 21.2. The van der Waals surface area contributed by atoms with Gasteiger partial charge in [-0.1, -0.05) is 66.0 Å². The van der Waals surface area contributed by atoms with E-state index in [-0.39, 0.29) is 12.1 Å². The van der Waals surface area contributed by atoms with Gasteiger partial charge in [0, 0.05) is 6.92 Å². The van der Waals surface area contributed by atoms with Gasteiger partial charge in [0.05, 0.1) is 0 Å². The van der Waals surface area contributed by atoms with Gasteiger partial charge in [-0.25, -0.2) is 0 Å². The van der Waals surface area contributed by atoms with Gasteiger partial charge in [0.2, 0.25) is 0 Å². The van der Waals surface area contributed by atoms with Gasteiger partial charge in [-0.05, 0) is 97.2 Å². The molecule has 2 nitrogen and oxygen atoms in total. The van der Waals surface area contributed by atoms with Gasteiger partial charge in [-0.15, -0.1) is 0 Å². The van der Waals surface area contributed by atoms with Crippen LogP contribution in [0.2, 0.25) is 0 Å². The highest BCUT2D eigenvalue weighted by molar-refractivity contribution is 5.66. The minimum atomic E-state index is -0.112. The Bertz CT molecular complexity index is 680. The molecule has 9 atom stereocenters. The first kappa shape index (κ1) is 23.4. The summed E-state index contributed by atoms with van der Waals surface area (Å²) in [7, 11) is 0. The normalized spacial score (nSPS) is 45.0. The fourth-order valence-corrected chi connectivity index (χ4v) is 8.95. The molecule has 0 aromatic carbocycles. The molecule has 4 aliphatic carbocycles. The third-order valence-electron chi connectivity index (χ3n) is 10.6. The monoisotopic (exact) mass is 428 g/mol. The second-order valence-corrected chi connectivity index (χ2v) is 12.8. The SMILES string of the molecule is CC(=O)O[C@H]1CC[C@@]2(C)[C@@H](C=C[C@@H]3[C@@H]2CC[C@]2(C)[C@@H]([C@H](C)CCCC(C)C)CC[C@@H]32)C1. The molecule has 0 aromatic heterocycles. The van der Waals surface area contributed by atoms with Crippen LogP contribution in [0.3, 0.4) is 0 Å². The van der Waals surface area contributed by atoms with Crippen LogP contribution in [0.1, 0.15) is 106 Å². The van der Waals surface area contributed by atoms with Crippen LogP contribution in [0.15, 0.2) is 12.2 Å². The summed E-state index contributed by atoms with van der Waals surface area (Å²) in [4.78, 5) is 11.5. The summed E-state index contributed by atoms with van der Waals surface area (Å²) in [5.41, 5.74) is 0.944. The van der Waals surface area contributed by atoms with Gasteiger partial charge in [0.1, 0.15) is 6.10 Å². The molecule has 2 heteroatoms. The van der Waals surface area contributed by atoms with E-state index in [0.29, 0.717) is 16.7 Å². The van der Waals surface area contributed by atoms with Crippen molar-refractivity contribution in [2.75, 3.05) is 0 Å². The summed E-state index contributed by atoms with van der Waals surface area (Å²) in [6, 6.07) is 0. The molecule has 4 rings (SSSR count). The Morgan fingerprint density at radius 2 is 1.68 bits per heavy atom. The van der Waals surface area contributed by atoms with Crippen molar-refractivity contribution in [3.05, 3.63) is 12.2 Å². The predicted molar refractivity (Wildman–Crippen MR) is 129 cm³/mol. The second kappa shape index (κ2) is 8.86. The molecule has 3 saturated carbocycles. The molecule has 0 unspecified atom stereocenters. The van der Waals surface area contributed by atoms with Crippen LogP contribution in [0, 0.1) is 52.3 Å². The molecule has 0 amide bonds. The first-order valence-electron chi connectivity index (χ1n) is 13.5. The van der Waals surface area contributed by atoms with Crippen molar-refractivity contribution in [3.63, 3.8) is 0 Å². The Kier molecular flexibility index (Phi) is 6.68. The third-order valence-corrected chi connectivity index (χ3v) is 10.6. The Balaban J connectivity index is 1.47. The molecular formula is C29H48O2. The summed E-state index contributed by atoms with van der Waals surface area (Å²) in [6.45, 7) is 14.1. The van der Waals surface area contributed by atoms with E-state index in [1.54, 1.807) is 6.92 Å². The number of ether oxygens (including phenoxy) is 1. The number of esters is 1. The number of rotatable bonds is 6. The maximum absolute atomic E-state index is 11.5. The van der Waals surface area contributed by atoms with Crippen LogP contribution in [0.4, 0.5) is 0 Å². The average molecular weight is 429 g/mol. The number of fused-ring (bicyclic) bond motifs is 5. The number of allylic oxidation sites excluding steroid dienone is 2. The molecule has 0 spiro atoms. The summed E-state index contributed by atoms with van der Waals surface area (Å²) in [5.74, 6) is 5.59. The largest absolute Gasteiger partial charge is 0.463 e. The highest BCUT2D eigenvalue weighted by Crippen LogP contribution is 2.67. The molecule has 4 aliphatic rings. The lowest BCUT2D eigenvalue weighted by molar-refractivity contribution is -0.153. The van der Waals surface area contributed by atoms with Gasteiger partial charge in [0.15, 0.2) is 0 Å². The van der Waals surface area contributed by atoms with Crippen molar-refractivity contribution in [2.45, 2.75) is 112 Å². The maximum atomic E-state index is 11.5. The maximum Gasteiger partial charge on any atom is 0.302 e. The minimum absolute atomic E-state index is 0.112. The van der Waals surface area contributed by atoms with Gasteiger partial charge in [-0.2, -0.15) is 0 Å². The summed E-state index contributed by atoms with van der Waals surface area (Å²) in [5, 5.41) is 0. The third kappa shape index (κ3) is 4.26. The van der Waals surface area contributed by atoms with Gasteiger partial charge in [0.25, 0.3) is 0 Å². The smallest absolute Gasteiger partial charge is 0.302 e. The number of carbonyl (C=O) groups excluding carboxylic acids is 1. The molecule has 3 fully saturated rings. The van der Waals surface area contributed by atoms with Crippen molar-refractivity contribution in [1.82, 2.24) is 0 Å². The zero-order valence-electron chi connectivity index (χ0n) is 21.2. The van der Waals surface area contributed by atoms with E-state index in [2.05, 4.69) is 46.8 Å². The second-order valence-electron chi connectivity index (χ2n) is 12.8. The summed E-state index contributed by atoms with van der Waals surface area (Å²) >= 11 is 0. The van der Waals surface area contributed by atoms with Crippen molar-refractivity contribution >= 4 is 5.97 Å². The van der Waals surface area contributed by atoms with Crippen molar-refractivity contribution in [1.29, 1.82) is 0 Å². The summed E-state index contributed by atoms with van der Waals surface area (Å²) in [6.07, 6.45) is 18.6. The van der Waals surface area contributed by atoms with E-state index in [1.807, 2.05) is 0 Å². The van der Waals surface area contributed by atoms with E-state index >= 15 is 0 Å². The molecule has 0 radical (unpaired) electrons. The van der Waals surface area contributed by atoms with Crippen LogP contribution < -0.4 is 0 Å². The Hall–Kier alpha value is -0.790. The molecule has 0 aliphatic heterocycles. The van der Waals surface area contributed by atoms with Crippen molar-refractivity contribution in [2.24, 2.45) is 52.3 Å². The number of hydrogen-bond acceptors (Lipinski definition) is 2. The van der Waals surface area contributed by atoms with Crippen molar-refractivity contribution in [3.8, 4) is 0 Å². The van der Waals surface area contributed by atoms with E-state index < -0.39 is 0 Å². The molecular weight excluding hydrogens is 380 g/mol.